The van der Waals surface area contributed by atoms with Crippen LogP contribution in [0.4, 0.5) is 18.9 Å². The van der Waals surface area contributed by atoms with Gasteiger partial charge in [0, 0.05) is 11.1 Å². The fourth-order valence-electron chi connectivity index (χ4n) is 4.32. The molecule has 0 aromatic heterocycles. The van der Waals surface area contributed by atoms with Crippen LogP contribution in [0.3, 0.4) is 0 Å². The van der Waals surface area contributed by atoms with Crippen molar-refractivity contribution in [2.24, 2.45) is 10.4 Å². The van der Waals surface area contributed by atoms with E-state index >= 15 is 0 Å². The lowest BCUT2D eigenvalue weighted by Crippen LogP contribution is -2.43. The van der Waals surface area contributed by atoms with Crippen LogP contribution in [0.1, 0.15) is 48.8 Å². The largest absolute Gasteiger partial charge is 0.416 e. The topological polar surface area (TPSA) is 24.4 Å². The van der Waals surface area contributed by atoms with Crippen molar-refractivity contribution in [2.75, 3.05) is 5.32 Å². The summed E-state index contributed by atoms with van der Waals surface area (Å²) < 4.78 is 38.2. The van der Waals surface area contributed by atoms with Gasteiger partial charge in [0.15, 0.2) is 0 Å². The lowest BCUT2D eigenvalue weighted by molar-refractivity contribution is -0.137. The number of rotatable bonds is 2. The summed E-state index contributed by atoms with van der Waals surface area (Å²) in [5.74, 6) is 1.00. The van der Waals surface area contributed by atoms with Crippen LogP contribution in [0.5, 0.6) is 0 Å². The summed E-state index contributed by atoms with van der Waals surface area (Å²) in [5.41, 5.74) is 2.64. The Bertz CT molecular complexity index is 831. The number of nitrogens with zero attached hydrogens (tertiary/aromatic N) is 1. The van der Waals surface area contributed by atoms with E-state index in [9.17, 15) is 13.2 Å². The number of alkyl halides is 3. The quantitative estimate of drug-likeness (QED) is 0.665. The first-order valence-corrected chi connectivity index (χ1v) is 9.52. The number of para-hydroxylation sites is 1. The number of anilines is 1. The molecule has 0 radical (unpaired) electrons. The smallest absolute Gasteiger partial charge is 0.343 e. The summed E-state index contributed by atoms with van der Waals surface area (Å²) in [6.07, 6.45) is 2.56. The highest BCUT2D eigenvalue weighted by Gasteiger charge is 2.40. The number of nitrogens with one attached hydrogen (secondary N) is 1. The van der Waals surface area contributed by atoms with Gasteiger partial charge in [-0.1, -0.05) is 49.6 Å². The molecule has 0 amide bonds. The van der Waals surface area contributed by atoms with E-state index in [4.69, 9.17) is 4.99 Å². The Kier molecular flexibility index (Phi) is 4.70. The zero-order chi connectivity index (χ0) is 18.9. The van der Waals surface area contributed by atoms with Crippen molar-refractivity contribution in [1.29, 1.82) is 0 Å². The molecule has 2 aromatic rings. The van der Waals surface area contributed by atoms with Crippen LogP contribution in [0.15, 0.2) is 53.5 Å². The molecule has 1 heterocycles. The van der Waals surface area contributed by atoms with Crippen molar-refractivity contribution in [3.8, 4) is 0 Å². The van der Waals surface area contributed by atoms with Crippen LogP contribution >= 0.6 is 0 Å². The van der Waals surface area contributed by atoms with E-state index in [-0.39, 0.29) is 5.41 Å². The lowest BCUT2D eigenvalue weighted by atomic mass is 9.67. The van der Waals surface area contributed by atoms with Gasteiger partial charge in [-0.25, -0.2) is 0 Å². The number of halogens is 3. The fourth-order valence-corrected chi connectivity index (χ4v) is 4.32. The molecule has 1 aliphatic heterocycles. The van der Waals surface area contributed by atoms with E-state index in [2.05, 4.69) is 23.5 Å². The Morgan fingerprint density at radius 1 is 0.926 bits per heavy atom. The van der Waals surface area contributed by atoms with E-state index in [1.54, 1.807) is 0 Å². The van der Waals surface area contributed by atoms with Gasteiger partial charge >= 0.3 is 6.18 Å². The molecule has 1 saturated carbocycles. The third kappa shape index (κ3) is 3.73. The average Bonchev–Trinajstić information content (AvgIpc) is 2.66. The van der Waals surface area contributed by atoms with Gasteiger partial charge in [-0.3, -0.25) is 4.99 Å². The van der Waals surface area contributed by atoms with E-state index in [1.165, 1.54) is 37.0 Å². The SMILES string of the molecule is FC(F)(F)c1ccc(CN=C2Nc3ccccc3CC23CCCCC3)cc1. The molecular weight excluding hydrogens is 349 g/mol. The first-order chi connectivity index (χ1) is 13.0. The molecule has 1 fully saturated rings. The maximum Gasteiger partial charge on any atom is 0.416 e. The molecule has 5 heteroatoms. The molecule has 2 nitrogen and oxygen atoms in total. The average molecular weight is 372 g/mol. The van der Waals surface area contributed by atoms with Crippen molar-refractivity contribution < 1.29 is 13.2 Å². The zero-order valence-corrected chi connectivity index (χ0v) is 15.1. The second kappa shape index (κ2) is 7.02. The summed E-state index contributed by atoms with van der Waals surface area (Å²) in [4.78, 5) is 4.85. The van der Waals surface area contributed by atoms with Crippen molar-refractivity contribution in [1.82, 2.24) is 0 Å². The minimum atomic E-state index is -4.30. The number of hydrogen-bond acceptors (Lipinski definition) is 1. The molecule has 1 spiro atoms. The number of aliphatic imine (C=N–C) groups is 1. The highest BCUT2D eigenvalue weighted by Crippen LogP contribution is 2.45. The normalized spacial score (nSPS) is 20.3. The Morgan fingerprint density at radius 3 is 2.33 bits per heavy atom. The van der Waals surface area contributed by atoms with Crippen molar-refractivity contribution in [2.45, 2.75) is 51.2 Å². The summed E-state index contributed by atoms with van der Waals surface area (Å²) in [5, 5.41) is 3.53. The second-order valence-corrected chi connectivity index (χ2v) is 7.66. The number of benzene rings is 2. The van der Waals surface area contributed by atoms with Gasteiger partial charge in [-0.05, 0) is 48.6 Å². The third-order valence-electron chi connectivity index (χ3n) is 5.81. The van der Waals surface area contributed by atoms with E-state index in [0.717, 1.165) is 48.5 Å². The number of fused-ring (bicyclic) bond motifs is 1. The molecule has 1 N–H and O–H groups in total. The Morgan fingerprint density at radius 2 is 1.63 bits per heavy atom. The molecule has 4 rings (SSSR count). The molecule has 0 unspecified atom stereocenters. The van der Waals surface area contributed by atoms with E-state index < -0.39 is 11.7 Å². The minimum Gasteiger partial charge on any atom is -0.343 e. The van der Waals surface area contributed by atoms with Gasteiger partial charge < -0.3 is 5.32 Å². The van der Waals surface area contributed by atoms with Gasteiger partial charge in [-0.15, -0.1) is 0 Å². The molecule has 142 valence electrons. The van der Waals surface area contributed by atoms with Crippen LogP contribution in [0, 0.1) is 5.41 Å². The first-order valence-electron chi connectivity index (χ1n) is 9.52. The van der Waals surface area contributed by atoms with Crippen molar-refractivity contribution in [3.63, 3.8) is 0 Å². The predicted octanol–water partition coefficient (Wildman–Crippen LogP) is 6.22. The number of hydrogen-bond donors (Lipinski definition) is 1. The Labute approximate surface area is 157 Å². The Hall–Kier alpha value is -2.30. The standard InChI is InChI=1S/C22H23F3N2/c23-22(24,25)18-10-8-16(9-11-18)15-26-20-21(12-4-1-5-13-21)14-17-6-2-3-7-19(17)27-20/h2-3,6-11H,1,4-5,12-15H2,(H,26,27). The maximum atomic E-state index is 12.7. The van der Waals surface area contributed by atoms with Crippen molar-refractivity contribution in [3.05, 3.63) is 65.2 Å². The van der Waals surface area contributed by atoms with Crippen LogP contribution in [0.2, 0.25) is 0 Å². The lowest BCUT2D eigenvalue weighted by Gasteiger charge is -2.42. The minimum absolute atomic E-state index is 0.0402. The van der Waals surface area contributed by atoms with Gasteiger partial charge in [0.2, 0.25) is 0 Å². The molecule has 0 saturated heterocycles. The van der Waals surface area contributed by atoms with Crippen LogP contribution in [-0.4, -0.2) is 5.84 Å². The van der Waals surface area contributed by atoms with Gasteiger partial charge in [0.05, 0.1) is 12.1 Å². The zero-order valence-electron chi connectivity index (χ0n) is 15.1. The molecule has 0 atom stereocenters. The molecule has 2 aromatic carbocycles. The van der Waals surface area contributed by atoms with Gasteiger partial charge in [0.1, 0.15) is 5.84 Å². The first kappa shape index (κ1) is 18.1. The highest BCUT2D eigenvalue weighted by atomic mass is 19.4. The maximum absolute atomic E-state index is 12.7. The van der Waals surface area contributed by atoms with Gasteiger partial charge in [-0.2, -0.15) is 13.2 Å². The second-order valence-electron chi connectivity index (χ2n) is 7.66. The molecule has 0 bridgehead atoms. The van der Waals surface area contributed by atoms with E-state index in [0.29, 0.717) is 6.54 Å². The molecule has 1 aliphatic carbocycles. The van der Waals surface area contributed by atoms with Gasteiger partial charge in [0.25, 0.3) is 0 Å². The number of amidine groups is 1. The highest BCUT2D eigenvalue weighted by molar-refractivity contribution is 6.02. The molecular formula is C22H23F3N2. The molecule has 2 aliphatic rings. The Balaban J connectivity index is 1.60. The van der Waals surface area contributed by atoms with E-state index in [1.807, 2.05) is 6.07 Å². The van der Waals surface area contributed by atoms with Crippen LogP contribution < -0.4 is 5.32 Å². The summed E-state index contributed by atoms with van der Waals surface area (Å²) in [6, 6.07) is 13.6. The molecule has 27 heavy (non-hydrogen) atoms. The monoisotopic (exact) mass is 372 g/mol. The van der Waals surface area contributed by atoms with Crippen LogP contribution in [0.25, 0.3) is 0 Å². The van der Waals surface area contributed by atoms with Crippen LogP contribution in [-0.2, 0) is 19.1 Å². The summed E-state index contributed by atoms with van der Waals surface area (Å²) >= 11 is 0. The third-order valence-corrected chi connectivity index (χ3v) is 5.81. The summed E-state index contributed by atoms with van der Waals surface area (Å²) in [6.45, 7) is 0.393. The summed E-state index contributed by atoms with van der Waals surface area (Å²) in [7, 11) is 0. The fraction of sp³-hybridized carbons (Fsp3) is 0.409. The van der Waals surface area contributed by atoms with Crippen molar-refractivity contribution >= 4 is 11.5 Å². The predicted molar refractivity (Wildman–Crippen MR) is 102 cm³/mol.